The predicted molar refractivity (Wildman–Crippen MR) is 89.0 cm³/mol. The number of hydrogen-bond donors (Lipinski definition) is 0. The van der Waals surface area contributed by atoms with E-state index in [1.807, 2.05) is 73.2 Å². The van der Waals surface area contributed by atoms with Crippen LogP contribution in [-0.2, 0) is 6.61 Å². The van der Waals surface area contributed by atoms with Gasteiger partial charge in [0.15, 0.2) is 0 Å². The van der Waals surface area contributed by atoms with E-state index in [1.165, 1.54) is 0 Å². The van der Waals surface area contributed by atoms with Gasteiger partial charge in [0.1, 0.15) is 17.5 Å². The quantitative estimate of drug-likeness (QED) is 0.624. The number of hydrogen-bond acceptors (Lipinski definition) is 2. The Balaban J connectivity index is 1.60. The molecule has 3 heteroatoms. The van der Waals surface area contributed by atoms with Gasteiger partial charge in [-0.1, -0.05) is 60.1 Å². The van der Waals surface area contributed by atoms with Crippen LogP contribution in [0.2, 0.25) is 5.15 Å². The van der Waals surface area contributed by atoms with Gasteiger partial charge in [-0.2, -0.15) is 0 Å². The Morgan fingerprint density at radius 3 is 2.36 bits per heavy atom. The Morgan fingerprint density at radius 1 is 0.864 bits per heavy atom. The molecule has 0 N–H and O–H groups in total. The highest BCUT2D eigenvalue weighted by molar-refractivity contribution is 6.29. The van der Waals surface area contributed by atoms with Crippen LogP contribution in [-0.4, -0.2) is 4.98 Å². The van der Waals surface area contributed by atoms with Gasteiger partial charge >= 0.3 is 0 Å². The fourth-order valence-corrected chi connectivity index (χ4v) is 2.25. The number of pyridine rings is 1. The maximum absolute atomic E-state index is 5.88. The molecule has 0 saturated heterocycles. The lowest BCUT2D eigenvalue weighted by Crippen LogP contribution is -1.95. The van der Waals surface area contributed by atoms with Crippen molar-refractivity contribution in [1.29, 1.82) is 0 Å². The van der Waals surface area contributed by atoms with Crippen LogP contribution in [0, 0.1) is 6.42 Å². The highest BCUT2D eigenvalue weighted by atomic mass is 35.5. The van der Waals surface area contributed by atoms with E-state index in [9.17, 15) is 0 Å². The van der Waals surface area contributed by atoms with Crippen LogP contribution < -0.4 is 4.74 Å². The van der Waals surface area contributed by atoms with E-state index in [0.717, 1.165) is 22.6 Å². The summed E-state index contributed by atoms with van der Waals surface area (Å²) < 4.78 is 5.77. The molecule has 0 aliphatic heterocycles. The third kappa shape index (κ3) is 4.09. The average Bonchev–Trinajstić information content (AvgIpc) is 2.55. The van der Waals surface area contributed by atoms with Crippen molar-refractivity contribution in [2.45, 2.75) is 6.61 Å². The second kappa shape index (κ2) is 7.10. The van der Waals surface area contributed by atoms with E-state index in [0.29, 0.717) is 11.8 Å². The SMILES string of the molecule is Clc1cccc([CH]c2ccc(OCc3ccccc3)cc2)n1. The van der Waals surface area contributed by atoms with E-state index in [-0.39, 0.29) is 0 Å². The van der Waals surface area contributed by atoms with Gasteiger partial charge in [-0.15, -0.1) is 0 Å². The van der Waals surface area contributed by atoms with Crippen LogP contribution in [0.1, 0.15) is 16.8 Å². The van der Waals surface area contributed by atoms with Crippen LogP contribution in [0.15, 0.2) is 72.8 Å². The Bertz CT molecular complexity index is 726. The second-order valence-electron chi connectivity index (χ2n) is 4.87. The molecule has 0 aliphatic rings. The largest absolute Gasteiger partial charge is 0.489 e. The van der Waals surface area contributed by atoms with Crippen molar-refractivity contribution in [1.82, 2.24) is 4.98 Å². The topological polar surface area (TPSA) is 22.1 Å². The Kier molecular flexibility index (Phi) is 4.71. The van der Waals surface area contributed by atoms with Gasteiger partial charge in [0.2, 0.25) is 0 Å². The van der Waals surface area contributed by atoms with E-state index in [2.05, 4.69) is 4.98 Å². The lowest BCUT2D eigenvalue weighted by atomic mass is 10.1. The first-order valence-corrected chi connectivity index (χ1v) is 7.41. The lowest BCUT2D eigenvalue weighted by Gasteiger charge is -2.07. The number of ether oxygens (including phenoxy) is 1. The van der Waals surface area contributed by atoms with Gasteiger partial charge in [0.25, 0.3) is 0 Å². The van der Waals surface area contributed by atoms with Crippen molar-refractivity contribution in [3.63, 3.8) is 0 Å². The summed E-state index contributed by atoms with van der Waals surface area (Å²) in [6.07, 6.45) is 1.98. The molecule has 0 fully saturated rings. The highest BCUT2D eigenvalue weighted by Gasteiger charge is 2.01. The summed E-state index contributed by atoms with van der Waals surface area (Å²) in [6.45, 7) is 0.569. The molecule has 109 valence electrons. The van der Waals surface area contributed by atoms with Crippen LogP contribution in [0.5, 0.6) is 5.75 Å². The second-order valence-corrected chi connectivity index (χ2v) is 5.26. The number of aromatic nitrogens is 1. The maximum atomic E-state index is 5.88. The lowest BCUT2D eigenvalue weighted by molar-refractivity contribution is 0.306. The van der Waals surface area contributed by atoms with Crippen molar-refractivity contribution in [3.05, 3.63) is 101 Å². The van der Waals surface area contributed by atoms with Crippen LogP contribution in [0.3, 0.4) is 0 Å². The molecular formula is C19H15ClNO. The molecule has 0 aliphatic carbocycles. The smallest absolute Gasteiger partial charge is 0.129 e. The van der Waals surface area contributed by atoms with Gasteiger partial charge in [-0.25, -0.2) is 4.98 Å². The summed E-state index contributed by atoms with van der Waals surface area (Å²) in [7, 11) is 0. The van der Waals surface area contributed by atoms with E-state index < -0.39 is 0 Å². The van der Waals surface area contributed by atoms with Gasteiger partial charge in [-0.05, 0) is 35.4 Å². The summed E-state index contributed by atoms with van der Waals surface area (Å²) in [5.41, 5.74) is 3.05. The van der Waals surface area contributed by atoms with E-state index in [4.69, 9.17) is 16.3 Å². The molecule has 3 rings (SSSR count). The molecule has 1 radical (unpaired) electrons. The molecule has 0 atom stereocenters. The molecule has 0 spiro atoms. The average molecular weight is 309 g/mol. The van der Waals surface area contributed by atoms with Crippen LogP contribution in [0.4, 0.5) is 0 Å². The molecule has 1 heterocycles. The first-order valence-electron chi connectivity index (χ1n) is 7.04. The summed E-state index contributed by atoms with van der Waals surface area (Å²) in [4.78, 5) is 4.25. The first-order chi connectivity index (χ1) is 10.8. The molecule has 22 heavy (non-hydrogen) atoms. The van der Waals surface area contributed by atoms with E-state index in [1.54, 1.807) is 6.07 Å². The van der Waals surface area contributed by atoms with Crippen molar-refractivity contribution in [2.75, 3.05) is 0 Å². The van der Waals surface area contributed by atoms with Crippen molar-refractivity contribution < 1.29 is 4.74 Å². The zero-order chi connectivity index (χ0) is 15.2. The third-order valence-corrected chi connectivity index (χ3v) is 3.39. The summed E-state index contributed by atoms with van der Waals surface area (Å²) >= 11 is 5.88. The summed E-state index contributed by atoms with van der Waals surface area (Å²) in [6, 6.07) is 23.6. The number of rotatable bonds is 5. The normalized spacial score (nSPS) is 10.4. The fourth-order valence-electron chi connectivity index (χ4n) is 2.08. The molecule has 0 bridgehead atoms. The van der Waals surface area contributed by atoms with Crippen LogP contribution in [0.25, 0.3) is 0 Å². The highest BCUT2D eigenvalue weighted by Crippen LogP contribution is 2.18. The maximum Gasteiger partial charge on any atom is 0.129 e. The molecule has 0 unspecified atom stereocenters. The molecule has 2 aromatic carbocycles. The minimum Gasteiger partial charge on any atom is -0.489 e. The molecule has 3 aromatic rings. The summed E-state index contributed by atoms with van der Waals surface area (Å²) in [5, 5.41) is 0.497. The Morgan fingerprint density at radius 2 is 1.64 bits per heavy atom. The monoisotopic (exact) mass is 308 g/mol. The standard InChI is InChI=1S/C19H15ClNO/c20-19-8-4-7-17(21-19)13-15-9-11-18(12-10-15)22-14-16-5-2-1-3-6-16/h1-13H,14H2. The van der Waals surface area contributed by atoms with Gasteiger partial charge in [0.05, 0.1) is 5.69 Å². The van der Waals surface area contributed by atoms with Crippen molar-refractivity contribution in [2.24, 2.45) is 0 Å². The van der Waals surface area contributed by atoms with Crippen LogP contribution >= 0.6 is 11.6 Å². The number of nitrogens with zero attached hydrogens (tertiary/aromatic N) is 1. The van der Waals surface area contributed by atoms with E-state index >= 15 is 0 Å². The zero-order valence-corrected chi connectivity index (χ0v) is 12.7. The van der Waals surface area contributed by atoms with Gasteiger partial charge in [0, 0.05) is 6.42 Å². The van der Waals surface area contributed by atoms with Crippen molar-refractivity contribution in [3.8, 4) is 5.75 Å². The molecule has 0 amide bonds. The molecule has 2 nitrogen and oxygen atoms in total. The fraction of sp³-hybridized carbons (Fsp3) is 0.0526. The Hall–Kier alpha value is -2.32. The third-order valence-electron chi connectivity index (χ3n) is 3.18. The molecule has 1 aromatic heterocycles. The predicted octanol–water partition coefficient (Wildman–Crippen LogP) is 4.91. The molecule has 0 saturated carbocycles. The van der Waals surface area contributed by atoms with Gasteiger partial charge < -0.3 is 4.74 Å². The minimum absolute atomic E-state index is 0.497. The Labute approximate surface area is 135 Å². The number of halogens is 1. The first kappa shape index (κ1) is 14.6. The zero-order valence-electron chi connectivity index (χ0n) is 11.9. The summed E-state index contributed by atoms with van der Waals surface area (Å²) in [5.74, 6) is 0.847. The molecular weight excluding hydrogens is 294 g/mol. The minimum atomic E-state index is 0.497. The number of benzene rings is 2. The van der Waals surface area contributed by atoms with Gasteiger partial charge in [-0.3, -0.25) is 0 Å². The van der Waals surface area contributed by atoms with Crippen molar-refractivity contribution >= 4 is 11.6 Å².